The predicted octanol–water partition coefficient (Wildman–Crippen LogP) is 3.98. The highest BCUT2D eigenvalue weighted by Crippen LogP contribution is 2.22. The molecule has 0 aliphatic carbocycles. The number of ketones is 1. The summed E-state index contributed by atoms with van der Waals surface area (Å²) in [5.41, 5.74) is -0.151. The maximum absolute atomic E-state index is 13.6. The Balaban J connectivity index is 2.68. The highest BCUT2D eigenvalue weighted by molar-refractivity contribution is 9.10. The number of thioether (sulfide) groups is 1. The third-order valence-electron chi connectivity index (χ3n) is 2.12. The molecule has 1 rings (SSSR count). The molecule has 1 aromatic carbocycles. The molecule has 0 saturated carbocycles. The number of hydrogen-bond donors (Lipinski definition) is 0. The van der Waals surface area contributed by atoms with Gasteiger partial charge in [-0.15, -0.1) is 0 Å². The molecular formula is C12H13BrF2OS. The van der Waals surface area contributed by atoms with Gasteiger partial charge in [0.2, 0.25) is 0 Å². The lowest BCUT2D eigenvalue weighted by atomic mass is 10.1. The van der Waals surface area contributed by atoms with Crippen molar-refractivity contribution in [2.45, 2.75) is 19.8 Å². The monoisotopic (exact) mass is 322 g/mol. The van der Waals surface area contributed by atoms with Crippen LogP contribution in [-0.2, 0) is 11.2 Å². The molecule has 5 heteroatoms. The first-order chi connectivity index (χ1) is 8.06. The summed E-state index contributed by atoms with van der Waals surface area (Å²) < 4.78 is 27.1. The number of benzene rings is 1. The van der Waals surface area contributed by atoms with Crippen molar-refractivity contribution in [3.8, 4) is 0 Å². The van der Waals surface area contributed by atoms with Gasteiger partial charge in [-0.25, -0.2) is 8.78 Å². The van der Waals surface area contributed by atoms with Crippen molar-refractivity contribution in [3.63, 3.8) is 0 Å². The largest absolute Gasteiger partial charge is 0.298 e. The summed E-state index contributed by atoms with van der Waals surface area (Å²) >= 11 is 4.47. The quantitative estimate of drug-likeness (QED) is 0.582. The van der Waals surface area contributed by atoms with Crippen LogP contribution in [0.4, 0.5) is 8.78 Å². The molecule has 0 aliphatic heterocycles. The van der Waals surface area contributed by atoms with Crippen LogP contribution < -0.4 is 0 Å². The van der Waals surface area contributed by atoms with Crippen molar-refractivity contribution in [2.75, 3.05) is 11.5 Å². The molecule has 1 nitrogen and oxygen atoms in total. The number of hydrogen-bond acceptors (Lipinski definition) is 2. The highest BCUT2D eigenvalue weighted by atomic mass is 79.9. The van der Waals surface area contributed by atoms with Crippen LogP contribution in [0.25, 0.3) is 0 Å². The van der Waals surface area contributed by atoms with Crippen LogP contribution in [0.3, 0.4) is 0 Å². The summed E-state index contributed by atoms with van der Waals surface area (Å²) in [4.78, 5) is 11.5. The van der Waals surface area contributed by atoms with Crippen molar-refractivity contribution >= 4 is 33.5 Å². The van der Waals surface area contributed by atoms with E-state index in [9.17, 15) is 13.6 Å². The Kier molecular flexibility index (Phi) is 6.12. The maximum atomic E-state index is 13.6. The normalized spacial score (nSPS) is 10.6. The van der Waals surface area contributed by atoms with Gasteiger partial charge in [-0.2, -0.15) is 11.8 Å². The molecule has 0 heterocycles. The zero-order valence-corrected chi connectivity index (χ0v) is 11.8. The van der Waals surface area contributed by atoms with E-state index in [0.717, 1.165) is 18.2 Å². The van der Waals surface area contributed by atoms with E-state index in [-0.39, 0.29) is 22.2 Å². The summed E-state index contributed by atoms with van der Waals surface area (Å²) in [6, 6.07) is 2.46. The first kappa shape index (κ1) is 14.6. The van der Waals surface area contributed by atoms with E-state index in [0.29, 0.717) is 5.75 Å². The number of rotatable bonds is 6. The molecule has 0 saturated heterocycles. The smallest absolute Gasteiger partial charge is 0.147 e. The number of halogens is 3. The van der Waals surface area contributed by atoms with Crippen LogP contribution in [0.2, 0.25) is 0 Å². The average Bonchev–Trinajstić information content (AvgIpc) is 2.30. The SMILES string of the molecule is CCCSCC(=O)Cc1c(F)ccc(Br)c1F. The third-order valence-corrected chi connectivity index (χ3v) is 3.96. The lowest BCUT2D eigenvalue weighted by Gasteiger charge is -2.05. The summed E-state index contributed by atoms with van der Waals surface area (Å²) in [6.45, 7) is 2.02. The van der Waals surface area contributed by atoms with E-state index in [1.54, 1.807) is 0 Å². The third kappa shape index (κ3) is 4.39. The molecule has 0 N–H and O–H groups in total. The molecule has 0 unspecified atom stereocenters. The van der Waals surface area contributed by atoms with Gasteiger partial charge in [0.25, 0.3) is 0 Å². The fourth-order valence-corrected chi connectivity index (χ4v) is 2.44. The van der Waals surface area contributed by atoms with Gasteiger partial charge in [0, 0.05) is 12.0 Å². The topological polar surface area (TPSA) is 17.1 Å². The van der Waals surface area contributed by atoms with Crippen molar-refractivity contribution in [3.05, 3.63) is 33.8 Å². The van der Waals surface area contributed by atoms with Crippen molar-refractivity contribution in [1.29, 1.82) is 0 Å². The van der Waals surface area contributed by atoms with Crippen molar-refractivity contribution in [2.24, 2.45) is 0 Å². The standard InChI is InChI=1S/C12H13BrF2OS/c1-2-5-17-7-8(16)6-9-11(14)4-3-10(13)12(9)15/h3-4H,2,5-7H2,1H3. The van der Waals surface area contributed by atoms with Gasteiger partial charge in [-0.3, -0.25) is 4.79 Å². The fourth-order valence-electron chi connectivity index (χ4n) is 1.31. The molecule has 0 amide bonds. The van der Waals surface area contributed by atoms with E-state index < -0.39 is 11.6 Å². The highest BCUT2D eigenvalue weighted by Gasteiger charge is 2.15. The molecule has 0 radical (unpaired) electrons. The Bertz CT molecular complexity index is 410. The van der Waals surface area contributed by atoms with E-state index >= 15 is 0 Å². The summed E-state index contributed by atoms with van der Waals surface area (Å²) in [6.07, 6.45) is 0.797. The zero-order valence-electron chi connectivity index (χ0n) is 9.43. The number of Topliss-reactive ketones (excluding diaryl/α,β-unsaturated/α-hetero) is 1. The zero-order chi connectivity index (χ0) is 12.8. The summed E-state index contributed by atoms with van der Waals surface area (Å²) in [7, 11) is 0. The Morgan fingerprint density at radius 3 is 2.76 bits per heavy atom. The Hall–Kier alpha value is -0.420. The Morgan fingerprint density at radius 2 is 2.12 bits per heavy atom. The Labute approximate surface area is 112 Å². The van der Waals surface area contributed by atoms with E-state index in [1.165, 1.54) is 17.8 Å². The lowest BCUT2D eigenvalue weighted by Crippen LogP contribution is -2.09. The molecule has 0 bridgehead atoms. The first-order valence-corrected chi connectivity index (χ1v) is 7.22. The van der Waals surface area contributed by atoms with Crippen LogP contribution in [0.15, 0.2) is 16.6 Å². The predicted molar refractivity (Wildman–Crippen MR) is 70.4 cm³/mol. The van der Waals surface area contributed by atoms with Gasteiger partial charge in [0.05, 0.1) is 10.2 Å². The average molecular weight is 323 g/mol. The van der Waals surface area contributed by atoms with Crippen LogP contribution in [0.1, 0.15) is 18.9 Å². The Morgan fingerprint density at radius 1 is 1.41 bits per heavy atom. The number of carbonyl (C=O) groups excluding carboxylic acids is 1. The summed E-state index contributed by atoms with van der Waals surface area (Å²) in [5, 5.41) is 0. The van der Waals surface area contributed by atoms with E-state index in [1.807, 2.05) is 6.92 Å². The molecule has 0 atom stereocenters. The van der Waals surface area contributed by atoms with E-state index in [2.05, 4.69) is 15.9 Å². The van der Waals surface area contributed by atoms with Crippen molar-refractivity contribution in [1.82, 2.24) is 0 Å². The molecule has 94 valence electrons. The fraction of sp³-hybridized carbons (Fsp3) is 0.417. The first-order valence-electron chi connectivity index (χ1n) is 5.28. The van der Waals surface area contributed by atoms with Gasteiger partial charge in [0.1, 0.15) is 17.4 Å². The van der Waals surface area contributed by atoms with Gasteiger partial charge in [0.15, 0.2) is 0 Å². The van der Waals surface area contributed by atoms with Gasteiger partial charge < -0.3 is 0 Å². The second-order valence-electron chi connectivity index (χ2n) is 3.59. The minimum absolute atomic E-state index is 0.151. The van der Waals surface area contributed by atoms with Crippen molar-refractivity contribution < 1.29 is 13.6 Å². The van der Waals surface area contributed by atoms with E-state index in [4.69, 9.17) is 0 Å². The molecule has 0 spiro atoms. The minimum Gasteiger partial charge on any atom is -0.298 e. The second kappa shape index (κ2) is 7.11. The van der Waals surface area contributed by atoms with Crippen LogP contribution in [0, 0.1) is 11.6 Å². The van der Waals surface area contributed by atoms with Crippen LogP contribution in [-0.4, -0.2) is 17.3 Å². The molecular weight excluding hydrogens is 310 g/mol. The summed E-state index contributed by atoms with van der Waals surface area (Å²) in [5.74, 6) is -0.313. The minimum atomic E-state index is -0.682. The number of carbonyl (C=O) groups is 1. The molecule has 1 aromatic rings. The van der Waals surface area contributed by atoms with Gasteiger partial charge in [-0.05, 0) is 40.2 Å². The van der Waals surface area contributed by atoms with Gasteiger partial charge >= 0.3 is 0 Å². The van der Waals surface area contributed by atoms with Crippen LogP contribution >= 0.6 is 27.7 Å². The van der Waals surface area contributed by atoms with Gasteiger partial charge in [-0.1, -0.05) is 6.92 Å². The molecule has 17 heavy (non-hydrogen) atoms. The lowest BCUT2D eigenvalue weighted by molar-refractivity contribution is -0.116. The molecule has 0 fully saturated rings. The molecule has 0 aromatic heterocycles. The maximum Gasteiger partial charge on any atom is 0.147 e. The second-order valence-corrected chi connectivity index (χ2v) is 5.55. The molecule has 0 aliphatic rings. The van der Waals surface area contributed by atoms with Crippen LogP contribution in [0.5, 0.6) is 0 Å².